The Labute approximate surface area is 121 Å². The van der Waals surface area contributed by atoms with Crippen LogP contribution in [0.25, 0.3) is 0 Å². The number of aliphatic hydroxyl groups excluding tert-OH is 1. The predicted molar refractivity (Wildman–Crippen MR) is 77.7 cm³/mol. The lowest BCUT2D eigenvalue weighted by molar-refractivity contribution is 0.175. The second-order valence-electron chi connectivity index (χ2n) is 4.12. The highest BCUT2D eigenvalue weighted by atomic mass is 35.5. The van der Waals surface area contributed by atoms with Gasteiger partial charge in [0.15, 0.2) is 0 Å². The highest BCUT2D eigenvalue weighted by Gasteiger charge is 2.09. The van der Waals surface area contributed by atoms with E-state index in [4.69, 9.17) is 11.6 Å². The van der Waals surface area contributed by atoms with Crippen molar-refractivity contribution in [1.29, 1.82) is 0 Å². The van der Waals surface area contributed by atoms with Gasteiger partial charge in [0.1, 0.15) is 5.82 Å². The van der Waals surface area contributed by atoms with Gasteiger partial charge in [-0.05, 0) is 29.8 Å². The summed E-state index contributed by atoms with van der Waals surface area (Å²) in [6.45, 7) is 0.0975. The first-order valence-corrected chi connectivity index (χ1v) is 6.42. The maximum atomic E-state index is 11.6. The zero-order valence-electron chi connectivity index (χ0n) is 10.6. The molecule has 0 unspecified atom stereocenters. The number of rotatable bonds is 4. The lowest BCUT2D eigenvalue weighted by atomic mass is 10.1. The molecule has 104 valence electrons. The third-order valence-corrected chi connectivity index (χ3v) is 2.87. The van der Waals surface area contributed by atoms with E-state index in [2.05, 4.69) is 15.6 Å². The Morgan fingerprint density at radius 2 is 2.00 bits per heavy atom. The Kier molecular flexibility index (Phi) is 4.92. The Balaban J connectivity index is 1.82. The number of benzene rings is 1. The Hall–Kier alpha value is -2.11. The number of anilines is 1. The maximum absolute atomic E-state index is 11.6. The normalized spacial score (nSPS) is 11.7. The van der Waals surface area contributed by atoms with Crippen molar-refractivity contribution in [2.75, 3.05) is 11.9 Å². The molecular weight excluding hydrogens is 278 g/mol. The Morgan fingerprint density at radius 1 is 1.25 bits per heavy atom. The van der Waals surface area contributed by atoms with Crippen LogP contribution in [0.1, 0.15) is 11.7 Å². The number of urea groups is 1. The summed E-state index contributed by atoms with van der Waals surface area (Å²) in [6, 6.07) is 11.6. The summed E-state index contributed by atoms with van der Waals surface area (Å²) in [6.07, 6.45) is 0.791. The van der Waals surface area contributed by atoms with Crippen molar-refractivity contribution in [2.45, 2.75) is 6.10 Å². The van der Waals surface area contributed by atoms with Gasteiger partial charge in [-0.25, -0.2) is 9.78 Å². The van der Waals surface area contributed by atoms with Crippen LogP contribution in [0.3, 0.4) is 0 Å². The van der Waals surface area contributed by atoms with E-state index in [0.29, 0.717) is 16.4 Å². The van der Waals surface area contributed by atoms with E-state index >= 15 is 0 Å². The molecule has 20 heavy (non-hydrogen) atoms. The molecule has 0 spiro atoms. The number of nitrogens with one attached hydrogen (secondary N) is 2. The van der Waals surface area contributed by atoms with Crippen LogP contribution in [0.15, 0.2) is 48.7 Å². The number of carbonyl (C=O) groups is 1. The van der Waals surface area contributed by atoms with E-state index < -0.39 is 12.1 Å². The SMILES string of the molecule is O=C(NC[C@H](O)c1ccc(Cl)cc1)Nc1ccccn1. The Bertz CT molecular complexity index is 560. The van der Waals surface area contributed by atoms with Crippen LogP contribution in [-0.4, -0.2) is 22.7 Å². The van der Waals surface area contributed by atoms with E-state index in [-0.39, 0.29) is 6.54 Å². The summed E-state index contributed by atoms with van der Waals surface area (Å²) in [7, 11) is 0. The molecule has 1 aromatic heterocycles. The van der Waals surface area contributed by atoms with Gasteiger partial charge in [0, 0.05) is 17.8 Å². The van der Waals surface area contributed by atoms with Crippen LogP contribution < -0.4 is 10.6 Å². The molecule has 0 radical (unpaired) electrons. The number of pyridine rings is 1. The molecule has 0 aliphatic heterocycles. The summed E-state index contributed by atoms with van der Waals surface area (Å²) >= 11 is 5.77. The van der Waals surface area contributed by atoms with Crippen LogP contribution in [0.2, 0.25) is 5.02 Å². The topological polar surface area (TPSA) is 74.2 Å². The van der Waals surface area contributed by atoms with E-state index in [1.807, 2.05) is 0 Å². The van der Waals surface area contributed by atoms with Crippen molar-refractivity contribution in [3.05, 3.63) is 59.2 Å². The molecule has 2 rings (SSSR count). The van der Waals surface area contributed by atoms with E-state index in [1.165, 1.54) is 0 Å². The third kappa shape index (κ3) is 4.22. The van der Waals surface area contributed by atoms with Crippen molar-refractivity contribution < 1.29 is 9.90 Å². The number of hydrogen-bond acceptors (Lipinski definition) is 3. The molecule has 0 saturated heterocycles. The minimum absolute atomic E-state index is 0.0975. The van der Waals surface area contributed by atoms with Crippen LogP contribution in [0, 0.1) is 0 Å². The van der Waals surface area contributed by atoms with Crippen LogP contribution in [-0.2, 0) is 0 Å². The number of carbonyl (C=O) groups excluding carboxylic acids is 1. The minimum atomic E-state index is -0.790. The van der Waals surface area contributed by atoms with E-state index in [1.54, 1.807) is 48.7 Å². The van der Waals surface area contributed by atoms with Gasteiger partial charge in [0.05, 0.1) is 6.10 Å². The first kappa shape index (κ1) is 14.3. The maximum Gasteiger partial charge on any atom is 0.320 e. The van der Waals surface area contributed by atoms with Crippen molar-refractivity contribution >= 4 is 23.4 Å². The predicted octanol–water partition coefficient (Wildman–Crippen LogP) is 2.59. The molecule has 0 fully saturated rings. The first-order valence-electron chi connectivity index (χ1n) is 6.04. The number of halogens is 1. The van der Waals surface area contributed by atoms with Crippen molar-refractivity contribution in [1.82, 2.24) is 10.3 Å². The van der Waals surface area contributed by atoms with Gasteiger partial charge in [-0.2, -0.15) is 0 Å². The molecule has 3 N–H and O–H groups in total. The van der Waals surface area contributed by atoms with Crippen molar-refractivity contribution in [3.63, 3.8) is 0 Å². The van der Waals surface area contributed by atoms with Crippen LogP contribution in [0.4, 0.5) is 10.6 Å². The fraction of sp³-hybridized carbons (Fsp3) is 0.143. The summed E-state index contributed by atoms with van der Waals surface area (Å²) < 4.78 is 0. The second kappa shape index (κ2) is 6.88. The van der Waals surface area contributed by atoms with Gasteiger partial charge in [-0.1, -0.05) is 29.8 Å². The molecule has 0 saturated carbocycles. The number of hydrogen-bond donors (Lipinski definition) is 3. The zero-order chi connectivity index (χ0) is 14.4. The van der Waals surface area contributed by atoms with Gasteiger partial charge in [-0.15, -0.1) is 0 Å². The number of aliphatic hydroxyl groups is 1. The molecule has 2 aromatic rings. The zero-order valence-corrected chi connectivity index (χ0v) is 11.3. The van der Waals surface area contributed by atoms with Gasteiger partial charge < -0.3 is 10.4 Å². The average molecular weight is 292 g/mol. The summed E-state index contributed by atoms with van der Waals surface area (Å²) in [4.78, 5) is 15.6. The summed E-state index contributed by atoms with van der Waals surface area (Å²) in [5, 5.41) is 15.7. The highest BCUT2D eigenvalue weighted by Crippen LogP contribution is 2.15. The molecule has 5 nitrogen and oxygen atoms in total. The van der Waals surface area contributed by atoms with Crippen LogP contribution in [0.5, 0.6) is 0 Å². The van der Waals surface area contributed by atoms with E-state index in [9.17, 15) is 9.90 Å². The lowest BCUT2D eigenvalue weighted by Gasteiger charge is -2.12. The van der Waals surface area contributed by atoms with Crippen molar-refractivity contribution in [3.8, 4) is 0 Å². The molecule has 0 aliphatic rings. The fourth-order valence-corrected chi connectivity index (χ4v) is 1.72. The smallest absolute Gasteiger partial charge is 0.320 e. The summed E-state index contributed by atoms with van der Waals surface area (Å²) in [5.74, 6) is 0.450. The fourth-order valence-electron chi connectivity index (χ4n) is 1.59. The number of aromatic nitrogens is 1. The first-order chi connectivity index (χ1) is 9.65. The van der Waals surface area contributed by atoms with Crippen LogP contribution >= 0.6 is 11.6 Å². The van der Waals surface area contributed by atoms with Gasteiger partial charge >= 0.3 is 6.03 Å². The average Bonchev–Trinajstić information content (AvgIpc) is 2.46. The third-order valence-electron chi connectivity index (χ3n) is 2.62. The molecule has 6 heteroatoms. The quantitative estimate of drug-likeness (QED) is 0.810. The highest BCUT2D eigenvalue weighted by molar-refractivity contribution is 6.30. The molecule has 1 atom stereocenters. The molecular formula is C14H14ClN3O2. The van der Waals surface area contributed by atoms with Gasteiger partial charge in [-0.3, -0.25) is 5.32 Å². The minimum Gasteiger partial charge on any atom is -0.387 e. The largest absolute Gasteiger partial charge is 0.387 e. The standard InChI is InChI=1S/C14H14ClN3O2/c15-11-6-4-10(5-7-11)12(19)9-17-14(20)18-13-3-1-2-8-16-13/h1-8,12,19H,9H2,(H2,16,17,18,20)/t12-/m0/s1. The molecule has 1 heterocycles. The monoisotopic (exact) mass is 291 g/mol. The summed E-state index contributed by atoms with van der Waals surface area (Å²) in [5.41, 5.74) is 0.688. The molecule has 0 bridgehead atoms. The van der Waals surface area contributed by atoms with Gasteiger partial charge in [0.2, 0.25) is 0 Å². The lowest BCUT2D eigenvalue weighted by Crippen LogP contribution is -2.32. The number of amides is 2. The number of nitrogens with zero attached hydrogens (tertiary/aromatic N) is 1. The second-order valence-corrected chi connectivity index (χ2v) is 4.55. The molecule has 2 amide bonds. The Morgan fingerprint density at radius 3 is 2.65 bits per heavy atom. The van der Waals surface area contributed by atoms with Crippen molar-refractivity contribution in [2.24, 2.45) is 0 Å². The van der Waals surface area contributed by atoms with E-state index in [0.717, 1.165) is 0 Å². The molecule has 1 aromatic carbocycles. The molecule has 0 aliphatic carbocycles. The van der Waals surface area contributed by atoms with Gasteiger partial charge in [0.25, 0.3) is 0 Å².